The minimum Gasteiger partial charge on any atom is -0.326 e. The molecular weight excluding hydrogens is 407 g/mol. The standard InChI is InChI=1S/C21H23FN4O3S/c1-30(28,29)21-24-19(16-8-7-14(22)11-13(16)12-23)17-9-10-18(27)26(20(17)25-21)15-5-3-2-4-6-15/h7-11,15H,2-6,12,23H2,1H3. The van der Waals surface area contributed by atoms with E-state index < -0.39 is 15.7 Å². The number of rotatable bonds is 4. The lowest BCUT2D eigenvalue weighted by atomic mass is 9.95. The summed E-state index contributed by atoms with van der Waals surface area (Å²) in [4.78, 5) is 21.4. The third-order valence-electron chi connectivity index (χ3n) is 5.58. The van der Waals surface area contributed by atoms with Crippen LogP contribution in [-0.4, -0.2) is 29.2 Å². The number of sulfone groups is 1. The molecule has 4 rings (SSSR count). The summed E-state index contributed by atoms with van der Waals surface area (Å²) in [5, 5.41) is 0.168. The first-order chi connectivity index (χ1) is 14.3. The van der Waals surface area contributed by atoms with Gasteiger partial charge < -0.3 is 5.73 Å². The predicted octanol–water partition coefficient (Wildman–Crippen LogP) is 2.97. The summed E-state index contributed by atoms with van der Waals surface area (Å²) in [6.45, 7) is 0.0507. The first-order valence-corrected chi connectivity index (χ1v) is 11.8. The highest BCUT2D eigenvalue weighted by molar-refractivity contribution is 7.90. The molecule has 30 heavy (non-hydrogen) atoms. The fraction of sp³-hybridized carbons (Fsp3) is 0.381. The van der Waals surface area contributed by atoms with Crippen molar-refractivity contribution in [3.05, 3.63) is 52.1 Å². The Hall–Kier alpha value is -2.65. The Bertz CT molecular complexity index is 1280. The van der Waals surface area contributed by atoms with E-state index in [9.17, 15) is 17.6 Å². The highest BCUT2D eigenvalue weighted by Gasteiger charge is 2.24. The lowest BCUT2D eigenvalue weighted by molar-refractivity contribution is 0.352. The quantitative estimate of drug-likeness (QED) is 0.638. The van der Waals surface area contributed by atoms with Crippen molar-refractivity contribution < 1.29 is 12.8 Å². The minimum atomic E-state index is -3.76. The first kappa shape index (κ1) is 20.6. The van der Waals surface area contributed by atoms with Crippen LogP contribution in [0.5, 0.6) is 0 Å². The van der Waals surface area contributed by atoms with Crippen molar-refractivity contribution in [1.29, 1.82) is 0 Å². The summed E-state index contributed by atoms with van der Waals surface area (Å²) in [5.41, 5.74) is 7.20. The van der Waals surface area contributed by atoms with E-state index in [1.165, 1.54) is 24.3 Å². The van der Waals surface area contributed by atoms with Crippen LogP contribution in [0.4, 0.5) is 4.39 Å². The summed E-state index contributed by atoms with van der Waals surface area (Å²) in [5.74, 6) is -0.444. The van der Waals surface area contributed by atoms with Crippen molar-refractivity contribution in [1.82, 2.24) is 14.5 Å². The summed E-state index contributed by atoms with van der Waals surface area (Å²) in [6.07, 6.45) is 5.80. The molecule has 0 spiro atoms. The number of benzene rings is 1. The van der Waals surface area contributed by atoms with Gasteiger partial charge in [-0.15, -0.1) is 0 Å². The number of aromatic nitrogens is 3. The Morgan fingerprint density at radius 1 is 1.13 bits per heavy atom. The molecular formula is C21H23FN4O3S. The van der Waals surface area contributed by atoms with Crippen LogP contribution < -0.4 is 11.3 Å². The number of nitrogens with zero attached hydrogens (tertiary/aromatic N) is 3. The molecule has 0 atom stereocenters. The smallest absolute Gasteiger partial charge is 0.252 e. The second-order valence-electron chi connectivity index (χ2n) is 7.70. The Balaban J connectivity index is 2.10. The summed E-state index contributed by atoms with van der Waals surface area (Å²) >= 11 is 0. The van der Waals surface area contributed by atoms with Gasteiger partial charge in [0.1, 0.15) is 11.5 Å². The van der Waals surface area contributed by atoms with Crippen LogP contribution in [0.2, 0.25) is 0 Å². The Kier molecular flexibility index (Phi) is 5.42. The zero-order valence-electron chi connectivity index (χ0n) is 16.6. The van der Waals surface area contributed by atoms with E-state index in [-0.39, 0.29) is 28.9 Å². The normalized spacial score (nSPS) is 15.6. The fourth-order valence-electron chi connectivity index (χ4n) is 4.14. The van der Waals surface area contributed by atoms with Crippen LogP contribution in [0.25, 0.3) is 22.3 Å². The van der Waals surface area contributed by atoms with Crippen molar-refractivity contribution >= 4 is 20.9 Å². The van der Waals surface area contributed by atoms with Crippen molar-refractivity contribution in [3.8, 4) is 11.3 Å². The summed E-state index contributed by atoms with van der Waals surface area (Å²) in [6, 6.07) is 7.12. The van der Waals surface area contributed by atoms with E-state index in [1.54, 1.807) is 10.6 Å². The predicted molar refractivity (Wildman–Crippen MR) is 112 cm³/mol. The number of halogens is 1. The molecule has 0 aliphatic heterocycles. The fourth-order valence-corrected chi connectivity index (χ4v) is 4.65. The highest BCUT2D eigenvalue weighted by Crippen LogP contribution is 2.33. The molecule has 1 saturated carbocycles. The lowest BCUT2D eigenvalue weighted by Gasteiger charge is -2.25. The maximum atomic E-state index is 13.8. The minimum absolute atomic E-state index is 0.0488. The van der Waals surface area contributed by atoms with Gasteiger partial charge in [-0.05, 0) is 42.7 Å². The summed E-state index contributed by atoms with van der Waals surface area (Å²) < 4.78 is 40.0. The maximum absolute atomic E-state index is 13.8. The van der Waals surface area contributed by atoms with Crippen LogP contribution in [0.1, 0.15) is 43.7 Å². The molecule has 0 bridgehead atoms. The molecule has 1 aliphatic carbocycles. The van der Waals surface area contributed by atoms with Crippen LogP contribution in [-0.2, 0) is 16.4 Å². The van der Waals surface area contributed by atoms with Gasteiger partial charge in [0.25, 0.3) is 5.56 Å². The number of fused-ring (bicyclic) bond motifs is 1. The zero-order chi connectivity index (χ0) is 21.5. The van der Waals surface area contributed by atoms with E-state index in [4.69, 9.17) is 5.73 Å². The van der Waals surface area contributed by atoms with Gasteiger partial charge in [0.15, 0.2) is 0 Å². The number of hydrogen-bond donors (Lipinski definition) is 1. The van der Waals surface area contributed by atoms with Gasteiger partial charge in [-0.2, -0.15) is 4.98 Å². The van der Waals surface area contributed by atoms with E-state index >= 15 is 0 Å². The maximum Gasteiger partial charge on any atom is 0.252 e. The van der Waals surface area contributed by atoms with E-state index in [1.807, 2.05) is 0 Å². The van der Waals surface area contributed by atoms with Crippen LogP contribution in [0.15, 0.2) is 40.3 Å². The molecule has 158 valence electrons. The molecule has 0 radical (unpaired) electrons. The Labute approximate surface area is 173 Å². The third kappa shape index (κ3) is 3.75. The molecule has 0 unspecified atom stereocenters. The van der Waals surface area contributed by atoms with Gasteiger partial charge in [-0.3, -0.25) is 9.36 Å². The molecule has 0 amide bonds. The number of hydrogen-bond acceptors (Lipinski definition) is 6. The van der Waals surface area contributed by atoms with Crippen molar-refractivity contribution in [3.63, 3.8) is 0 Å². The number of pyridine rings is 1. The largest absolute Gasteiger partial charge is 0.326 e. The van der Waals surface area contributed by atoms with Gasteiger partial charge in [0.2, 0.25) is 15.0 Å². The first-order valence-electron chi connectivity index (χ1n) is 9.92. The Morgan fingerprint density at radius 2 is 1.87 bits per heavy atom. The monoisotopic (exact) mass is 430 g/mol. The van der Waals surface area contributed by atoms with Gasteiger partial charge in [-0.1, -0.05) is 19.3 Å². The average Bonchev–Trinajstić information content (AvgIpc) is 2.72. The molecule has 0 saturated heterocycles. The second kappa shape index (κ2) is 7.88. The topological polar surface area (TPSA) is 108 Å². The van der Waals surface area contributed by atoms with Crippen LogP contribution in [0, 0.1) is 5.82 Å². The van der Waals surface area contributed by atoms with Gasteiger partial charge in [-0.25, -0.2) is 17.8 Å². The average molecular weight is 431 g/mol. The molecule has 2 aromatic heterocycles. The molecule has 2 heterocycles. The van der Waals surface area contributed by atoms with Crippen LogP contribution in [0.3, 0.4) is 0 Å². The van der Waals surface area contributed by atoms with E-state index in [0.717, 1.165) is 38.4 Å². The molecule has 7 nitrogen and oxygen atoms in total. The van der Waals surface area contributed by atoms with Crippen molar-refractivity contribution in [2.75, 3.05) is 6.26 Å². The highest BCUT2D eigenvalue weighted by atomic mass is 32.2. The Morgan fingerprint density at radius 3 is 2.53 bits per heavy atom. The van der Waals surface area contributed by atoms with Gasteiger partial charge in [0, 0.05) is 35.9 Å². The third-order valence-corrected chi connectivity index (χ3v) is 6.42. The SMILES string of the molecule is CS(=O)(=O)c1nc(-c2ccc(F)cc2CN)c2ccc(=O)n(C3CCCCC3)c2n1. The van der Waals surface area contributed by atoms with E-state index in [0.29, 0.717) is 22.2 Å². The van der Waals surface area contributed by atoms with Crippen molar-refractivity contribution in [2.45, 2.75) is 49.8 Å². The molecule has 2 N–H and O–H groups in total. The summed E-state index contributed by atoms with van der Waals surface area (Å²) in [7, 11) is -3.76. The lowest BCUT2D eigenvalue weighted by Crippen LogP contribution is -2.27. The van der Waals surface area contributed by atoms with Gasteiger partial charge in [0.05, 0.1) is 5.69 Å². The van der Waals surface area contributed by atoms with Gasteiger partial charge >= 0.3 is 0 Å². The molecule has 1 aromatic carbocycles. The molecule has 1 aliphatic rings. The number of nitrogens with two attached hydrogens (primary N) is 1. The van der Waals surface area contributed by atoms with E-state index in [2.05, 4.69) is 9.97 Å². The molecule has 9 heteroatoms. The van der Waals surface area contributed by atoms with Crippen molar-refractivity contribution in [2.24, 2.45) is 5.73 Å². The molecule has 1 fully saturated rings. The second-order valence-corrected chi connectivity index (χ2v) is 9.61. The zero-order valence-corrected chi connectivity index (χ0v) is 17.5. The molecule has 3 aromatic rings. The van der Waals surface area contributed by atoms with Crippen LogP contribution >= 0.6 is 0 Å².